The fraction of sp³-hybridized carbons (Fsp3) is 1.00. The molecule has 0 N–H and O–H groups in total. The van der Waals surface area contributed by atoms with Crippen LogP contribution in [0.4, 0.5) is 0 Å². The minimum Gasteiger partial charge on any atom is -0.381 e. The van der Waals surface area contributed by atoms with E-state index in [-0.39, 0.29) is 5.75 Å². The van der Waals surface area contributed by atoms with Gasteiger partial charge in [0, 0.05) is 20.2 Å². The molecule has 0 aromatic carbocycles. The van der Waals surface area contributed by atoms with E-state index in [1.54, 1.807) is 7.05 Å². The smallest absolute Gasteiger partial charge is 0.213 e. The largest absolute Gasteiger partial charge is 0.381 e. The lowest BCUT2D eigenvalue weighted by Crippen LogP contribution is -2.36. The Morgan fingerprint density at radius 1 is 1.47 bits per heavy atom. The summed E-state index contributed by atoms with van der Waals surface area (Å²) in [6.45, 7) is 4.01. The maximum atomic E-state index is 11.7. The molecule has 0 spiro atoms. The first-order valence-electron chi connectivity index (χ1n) is 5.58. The fourth-order valence-corrected chi connectivity index (χ4v) is 3.11. The molecule has 90 valence electrons. The van der Waals surface area contributed by atoms with Crippen molar-refractivity contribution in [3.63, 3.8) is 0 Å². The van der Waals surface area contributed by atoms with Gasteiger partial charge in [0.1, 0.15) is 0 Å². The van der Waals surface area contributed by atoms with Gasteiger partial charge in [-0.25, -0.2) is 12.7 Å². The van der Waals surface area contributed by atoms with Crippen molar-refractivity contribution in [2.45, 2.75) is 26.2 Å². The van der Waals surface area contributed by atoms with Crippen LogP contribution < -0.4 is 0 Å². The molecular weight excluding hydrogens is 214 g/mol. The molecule has 0 radical (unpaired) electrons. The highest BCUT2D eigenvalue weighted by molar-refractivity contribution is 7.89. The van der Waals surface area contributed by atoms with Crippen molar-refractivity contribution >= 4 is 10.0 Å². The van der Waals surface area contributed by atoms with Crippen LogP contribution in [0.15, 0.2) is 0 Å². The summed E-state index contributed by atoms with van der Waals surface area (Å²) >= 11 is 0. The normalized spacial score (nSPS) is 23.3. The molecule has 0 aromatic rings. The van der Waals surface area contributed by atoms with Crippen LogP contribution >= 0.6 is 0 Å². The van der Waals surface area contributed by atoms with Gasteiger partial charge in [-0.3, -0.25) is 0 Å². The Bertz CT molecular complexity index is 270. The molecule has 1 saturated heterocycles. The van der Waals surface area contributed by atoms with Gasteiger partial charge in [-0.1, -0.05) is 6.92 Å². The van der Waals surface area contributed by atoms with E-state index in [9.17, 15) is 8.42 Å². The van der Waals surface area contributed by atoms with Crippen molar-refractivity contribution in [1.29, 1.82) is 0 Å². The van der Waals surface area contributed by atoms with Crippen molar-refractivity contribution in [2.24, 2.45) is 5.92 Å². The molecule has 4 nitrogen and oxygen atoms in total. The Balaban J connectivity index is 2.43. The molecule has 1 unspecified atom stereocenters. The number of nitrogens with zero attached hydrogens (tertiary/aromatic N) is 1. The molecule has 0 aliphatic carbocycles. The lowest BCUT2D eigenvalue weighted by Gasteiger charge is -2.26. The molecule has 0 saturated carbocycles. The summed E-state index contributed by atoms with van der Waals surface area (Å²) < 4.78 is 30.2. The molecule has 1 aliphatic rings. The van der Waals surface area contributed by atoms with Crippen LogP contribution in [0.2, 0.25) is 0 Å². The zero-order valence-electron chi connectivity index (χ0n) is 9.61. The second-order valence-electron chi connectivity index (χ2n) is 4.18. The van der Waals surface area contributed by atoms with E-state index in [1.165, 1.54) is 4.31 Å². The van der Waals surface area contributed by atoms with Crippen molar-refractivity contribution < 1.29 is 13.2 Å². The molecule has 15 heavy (non-hydrogen) atoms. The molecular formula is C10H21NO3S. The van der Waals surface area contributed by atoms with E-state index in [0.29, 0.717) is 25.5 Å². The van der Waals surface area contributed by atoms with Crippen molar-refractivity contribution in [3.8, 4) is 0 Å². The SMILES string of the molecule is CCCS(=O)(=O)N(C)CC1CCCOC1. The van der Waals surface area contributed by atoms with Gasteiger partial charge < -0.3 is 4.74 Å². The predicted octanol–water partition coefficient (Wildman–Crippen LogP) is 1.08. The van der Waals surface area contributed by atoms with Gasteiger partial charge in [-0.2, -0.15) is 0 Å². The highest BCUT2D eigenvalue weighted by Crippen LogP contribution is 2.16. The van der Waals surface area contributed by atoms with Gasteiger partial charge in [0.25, 0.3) is 0 Å². The lowest BCUT2D eigenvalue weighted by atomic mass is 10.0. The monoisotopic (exact) mass is 235 g/mol. The summed E-state index contributed by atoms with van der Waals surface area (Å²) in [5.41, 5.74) is 0. The van der Waals surface area contributed by atoms with E-state index in [1.807, 2.05) is 6.92 Å². The minimum absolute atomic E-state index is 0.247. The molecule has 1 rings (SSSR count). The fourth-order valence-electron chi connectivity index (χ4n) is 1.84. The van der Waals surface area contributed by atoms with Gasteiger partial charge in [-0.05, 0) is 25.2 Å². The summed E-state index contributed by atoms with van der Waals surface area (Å²) in [4.78, 5) is 0. The van der Waals surface area contributed by atoms with Gasteiger partial charge in [0.2, 0.25) is 10.0 Å². The van der Waals surface area contributed by atoms with Crippen molar-refractivity contribution in [3.05, 3.63) is 0 Å². The standard InChI is InChI=1S/C10H21NO3S/c1-3-7-15(12,13)11(2)8-10-5-4-6-14-9-10/h10H,3-9H2,1-2H3. The third-order valence-electron chi connectivity index (χ3n) is 2.71. The Hall–Kier alpha value is -0.130. The Morgan fingerprint density at radius 2 is 2.20 bits per heavy atom. The third-order valence-corrected chi connectivity index (χ3v) is 4.73. The van der Waals surface area contributed by atoms with Crippen LogP contribution in [-0.2, 0) is 14.8 Å². The van der Waals surface area contributed by atoms with E-state index in [4.69, 9.17) is 4.74 Å². The van der Waals surface area contributed by atoms with Crippen molar-refractivity contribution in [2.75, 3.05) is 32.6 Å². The van der Waals surface area contributed by atoms with Crippen LogP contribution in [-0.4, -0.2) is 45.3 Å². The highest BCUT2D eigenvalue weighted by atomic mass is 32.2. The van der Waals surface area contributed by atoms with E-state index >= 15 is 0 Å². The summed E-state index contributed by atoms with van der Waals surface area (Å²) in [5, 5.41) is 0. The summed E-state index contributed by atoms with van der Waals surface area (Å²) in [6.07, 6.45) is 2.80. The average molecular weight is 235 g/mol. The zero-order valence-corrected chi connectivity index (χ0v) is 10.4. The van der Waals surface area contributed by atoms with Gasteiger partial charge in [0.05, 0.1) is 12.4 Å². The number of sulfonamides is 1. The van der Waals surface area contributed by atoms with Gasteiger partial charge in [0.15, 0.2) is 0 Å². The maximum absolute atomic E-state index is 11.7. The zero-order chi connectivity index (χ0) is 11.3. The first-order valence-corrected chi connectivity index (χ1v) is 7.19. The molecule has 5 heteroatoms. The second-order valence-corrected chi connectivity index (χ2v) is 6.38. The van der Waals surface area contributed by atoms with Crippen LogP contribution in [0.3, 0.4) is 0 Å². The van der Waals surface area contributed by atoms with E-state index in [2.05, 4.69) is 0 Å². The number of rotatable bonds is 5. The Labute approximate surface area is 92.7 Å². The van der Waals surface area contributed by atoms with E-state index < -0.39 is 10.0 Å². The first-order chi connectivity index (χ1) is 7.06. The number of hydrogen-bond acceptors (Lipinski definition) is 3. The maximum Gasteiger partial charge on any atom is 0.213 e. The number of ether oxygens (including phenoxy) is 1. The van der Waals surface area contributed by atoms with Gasteiger partial charge in [-0.15, -0.1) is 0 Å². The second kappa shape index (κ2) is 5.82. The summed E-state index contributed by atoms with van der Waals surface area (Å²) in [7, 11) is -1.37. The van der Waals surface area contributed by atoms with Crippen LogP contribution in [0.5, 0.6) is 0 Å². The Kier molecular flexibility index (Phi) is 5.02. The van der Waals surface area contributed by atoms with Crippen LogP contribution in [0, 0.1) is 5.92 Å². The first kappa shape index (κ1) is 12.9. The van der Waals surface area contributed by atoms with Gasteiger partial charge >= 0.3 is 0 Å². The third kappa shape index (κ3) is 4.09. The molecule has 1 heterocycles. The molecule has 1 atom stereocenters. The molecule has 0 bridgehead atoms. The lowest BCUT2D eigenvalue weighted by molar-refractivity contribution is 0.0495. The molecule has 1 fully saturated rings. The predicted molar refractivity (Wildman–Crippen MR) is 60.3 cm³/mol. The summed E-state index contributed by atoms with van der Waals surface area (Å²) in [5.74, 6) is 0.618. The quantitative estimate of drug-likeness (QED) is 0.716. The average Bonchev–Trinajstić information content (AvgIpc) is 2.19. The number of hydrogen-bond donors (Lipinski definition) is 0. The molecule has 0 amide bonds. The molecule has 1 aliphatic heterocycles. The minimum atomic E-state index is -3.03. The van der Waals surface area contributed by atoms with Crippen LogP contribution in [0.1, 0.15) is 26.2 Å². The topological polar surface area (TPSA) is 46.6 Å². The van der Waals surface area contributed by atoms with E-state index in [0.717, 1.165) is 19.4 Å². The highest BCUT2D eigenvalue weighted by Gasteiger charge is 2.22. The van der Waals surface area contributed by atoms with Crippen molar-refractivity contribution in [1.82, 2.24) is 4.31 Å². The van der Waals surface area contributed by atoms with Crippen LogP contribution in [0.25, 0.3) is 0 Å². The Morgan fingerprint density at radius 3 is 2.73 bits per heavy atom. The molecule has 0 aromatic heterocycles. The summed E-state index contributed by atoms with van der Waals surface area (Å²) in [6, 6.07) is 0.